The van der Waals surface area contributed by atoms with Crippen molar-refractivity contribution < 1.29 is 17.9 Å². The number of ether oxygens (including phenoxy) is 2. The summed E-state index contributed by atoms with van der Waals surface area (Å²) >= 11 is 0. The van der Waals surface area contributed by atoms with Gasteiger partial charge in [-0.05, 0) is 56.4 Å². The van der Waals surface area contributed by atoms with Crippen molar-refractivity contribution in [3.63, 3.8) is 0 Å². The second-order valence-corrected chi connectivity index (χ2v) is 7.78. The molecule has 0 heterocycles. The van der Waals surface area contributed by atoms with Gasteiger partial charge in [0.1, 0.15) is 5.75 Å². The Morgan fingerprint density at radius 3 is 2.52 bits per heavy atom. The Morgan fingerprint density at radius 2 is 1.87 bits per heavy atom. The molecule has 0 bridgehead atoms. The summed E-state index contributed by atoms with van der Waals surface area (Å²) in [6.45, 7) is 4.66. The monoisotopic (exact) mass is 341 g/mol. The molecule has 1 aliphatic rings. The van der Waals surface area contributed by atoms with Crippen molar-refractivity contribution in [1.29, 1.82) is 0 Å². The lowest BCUT2D eigenvalue weighted by molar-refractivity contribution is 0.0575. The maximum Gasteiger partial charge on any atom is 0.240 e. The van der Waals surface area contributed by atoms with Crippen molar-refractivity contribution in [3.8, 4) is 5.75 Å². The van der Waals surface area contributed by atoms with Crippen molar-refractivity contribution in [1.82, 2.24) is 4.72 Å². The Hall–Kier alpha value is -1.11. The highest BCUT2D eigenvalue weighted by Crippen LogP contribution is 2.26. The summed E-state index contributed by atoms with van der Waals surface area (Å²) in [6.07, 6.45) is 5.81. The zero-order valence-corrected chi connectivity index (χ0v) is 15.0. The summed E-state index contributed by atoms with van der Waals surface area (Å²) in [5, 5.41) is 0. The molecule has 1 fully saturated rings. The molecule has 1 aromatic rings. The molecule has 1 saturated carbocycles. The number of hydrogen-bond acceptors (Lipinski definition) is 4. The van der Waals surface area contributed by atoms with Gasteiger partial charge in [-0.2, -0.15) is 0 Å². The second-order valence-electron chi connectivity index (χ2n) is 6.04. The van der Waals surface area contributed by atoms with E-state index in [-0.39, 0.29) is 0 Å². The topological polar surface area (TPSA) is 64.6 Å². The summed E-state index contributed by atoms with van der Waals surface area (Å²) in [5.41, 5.74) is 1.57. The highest BCUT2D eigenvalue weighted by atomic mass is 32.2. The molecule has 0 aliphatic heterocycles. The fraction of sp³-hybridized carbons (Fsp3) is 0.647. The average Bonchev–Trinajstić information content (AvgIpc) is 3.02. The van der Waals surface area contributed by atoms with E-state index in [1.807, 2.05) is 6.92 Å². The highest BCUT2D eigenvalue weighted by Gasteiger charge is 2.19. The first-order valence-electron chi connectivity index (χ1n) is 8.21. The molecule has 0 spiro atoms. The van der Waals surface area contributed by atoms with E-state index in [2.05, 4.69) is 4.72 Å². The molecule has 6 heteroatoms. The quantitative estimate of drug-likeness (QED) is 0.738. The van der Waals surface area contributed by atoms with E-state index in [1.165, 1.54) is 12.8 Å². The van der Waals surface area contributed by atoms with Crippen molar-refractivity contribution in [2.24, 2.45) is 0 Å². The van der Waals surface area contributed by atoms with Crippen LogP contribution in [0.2, 0.25) is 0 Å². The Labute approximate surface area is 139 Å². The van der Waals surface area contributed by atoms with Gasteiger partial charge in [-0.25, -0.2) is 13.1 Å². The average molecular weight is 341 g/mol. The SMILES string of the molecule is COc1ccc(S(=O)(=O)NCCCOC2CCCC2)c(C)c1C. The molecule has 0 saturated heterocycles. The number of benzene rings is 1. The minimum atomic E-state index is -3.50. The van der Waals surface area contributed by atoms with Crippen molar-refractivity contribution in [2.45, 2.75) is 57.0 Å². The minimum Gasteiger partial charge on any atom is -0.496 e. The molecule has 130 valence electrons. The van der Waals surface area contributed by atoms with Crippen LogP contribution in [0.4, 0.5) is 0 Å². The largest absolute Gasteiger partial charge is 0.496 e. The van der Waals surface area contributed by atoms with Crippen LogP contribution in [0.25, 0.3) is 0 Å². The first kappa shape index (κ1) is 18.2. The third kappa shape index (κ3) is 4.68. The standard InChI is InChI=1S/C17H27NO4S/c1-13-14(2)17(10-9-16(13)21-3)23(19,20)18-11-6-12-22-15-7-4-5-8-15/h9-10,15,18H,4-8,11-12H2,1-3H3. The first-order valence-corrected chi connectivity index (χ1v) is 9.69. The fourth-order valence-corrected chi connectivity index (χ4v) is 4.32. The van der Waals surface area contributed by atoms with Crippen LogP contribution in [0.1, 0.15) is 43.2 Å². The molecule has 0 aromatic heterocycles. The van der Waals surface area contributed by atoms with Gasteiger partial charge in [-0.15, -0.1) is 0 Å². The van der Waals surface area contributed by atoms with E-state index in [0.717, 1.165) is 24.0 Å². The van der Waals surface area contributed by atoms with Crippen LogP contribution in [0.15, 0.2) is 17.0 Å². The molecule has 0 radical (unpaired) electrons. The Bertz CT molecular complexity index is 622. The first-order chi connectivity index (χ1) is 11.0. The molecular weight excluding hydrogens is 314 g/mol. The molecule has 1 aromatic carbocycles. The lowest BCUT2D eigenvalue weighted by Gasteiger charge is -2.14. The van der Waals surface area contributed by atoms with Crippen LogP contribution < -0.4 is 9.46 Å². The number of methoxy groups -OCH3 is 1. The van der Waals surface area contributed by atoms with Crippen LogP contribution >= 0.6 is 0 Å². The summed E-state index contributed by atoms with van der Waals surface area (Å²) in [5.74, 6) is 0.700. The van der Waals surface area contributed by atoms with Crippen molar-refractivity contribution >= 4 is 10.0 Å². The van der Waals surface area contributed by atoms with Crippen LogP contribution in [0.5, 0.6) is 5.75 Å². The molecule has 1 N–H and O–H groups in total. The van der Waals surface area contributed by atoms with E-state index in [0.29, 0.717) is 36.3 Å². The van der Waals surface area contributed by atoms with Crippen LogP contribution in [0.3, 0.4) is 0 Å². The maximum atomic E-state index is 12.4. The molecule has 5 nitrogen and oxygen atoms in total. The van der Waals surface area contributed by atoms with Crippen molar-refractivity contribution in [3.05, 3.63) is 23.3 Å². The van der Waals surface area contributed by atoms with E-state index in [1.54, 1.807) is 26.2 Å². The van der Waals surface area contributed by atoms with E-state index < -0.39 is 10.0 Å². The summed E-state index contributed by atoms with van der Waals surface area (Å²) in [7, 11) is -1.92. The Morgan fingerprint density at radius 1 is 1.17 bits per heavy atom. The summed E-state index contributed by atoms with van der Waals surface area (Å²) in [6, 6.07) is 3.29. The Kier molecular flexibility index (Phi) is 6.44. The number of rotatable bonds is 8. The van der Waals surface area contributed by atoms with E-state index in [9.17, 15) is 8.42 Å². The number of hydrogen-bond donors (Lipinski definition) is 1. The van der Waals surface area contributed by atoms with Gasteiger partial charge in [-0.3, -0.25) is 0 Å². The van der Waals surface area contributed by atoms with Crippen molar-refractivity contribution in [2.75, 3.05) is 20.3 Å². The van der Waals surface area contributed by atoms with Gasteiger partial charge in [0.2, 0.25) is 10.0 Å². The van der Waals surface area contributed by atoms with Crippen LogP contribution in [-0.2, 0) is 14.8 Å². The van der Waals surface area contributed by atoms with Gasteiger partial charge in [0.25, 0.3) is 0 Å². The van der Waals surface area contributed by atoms with E-state index in [4.69, 9.17) is 9.47 Å². The summed E-state index contributed by atoms with van der Waals surface area (Å²) in [4.78, 5) is 0.313. The number of nitrogens with one attached hydrogen (secondary N) is 1. The minimum absolute atomic E-state index is 0.313. The van der Waals surface area contributed by atoms with Gasteiger partial charge in [-0.1, -0.05) is 12.8 Å². The molecule has 0 amide bonds. The molecule has 1 aliphatic carbocycles. The normalized spacial score (nSPS) is 16.0. The van der Waals surface area contributed by atoms with Gasteiger partial charge >= 0.3 is 0 Å². The molecule has 2 rings (SSSR count). The number of sulfonamides is 1. The zero-order chi connectivity index (χ0) is 16.9. The van der Waals surface area contributed by atoms with Gasteiger partial charge < -0.3 is 9.47 Å². The second kappa shape index (κ2) is 8.13. The third-order valence-corrected chi connectivity index (χ3v) is 6.07. The third-order valence-electron chi connectivity index (χ3n) is 4.47. The molecule has 0 unspecified atom stereocenters. The van der Waals surface area contributed by atoms with Gasteiger partial charge in [0.05, 0.1) is 18.1 Å². The fourth-order valence-electron chi connectivity index (χ4n) is 2.94. The molecule has 23 heavy (non-hydrogen) atoms. The lowest BCUT2D eigenvalue weighted by Crippen LogP contribution is -2.26. The van der Waals surface area contributed by atoms with E-state index >= 15 is 0 Å². The predicted molar refractivity (Wildman–Crippen MR) is 90.5 cm³/mol. The van der Waals surface area contributed by atoms with Gasteiger partial charge in [0.15, 0.2) is 0 Å². The zero-order valence-electron chi connectivity index (χ0n) is 14.2. The molecule has 0 atom stereocenters. The molecular formula is C17H27NO4S. The maximum absolute atomic E-state index is 12.4. The highest BCUT2D eigenvalue weighted by molar-refractivity contribution is 7.89. The van der Waals surface area contributed by atoms with Crippen LogP contribution in [0, 0.1) is 13.8 Å². The van der Waals surface area contributed by atoms with Crippen LogP contribution in [-0.4, -0.2) is 34.8 Å². The summed E-state index contributed by atoms with van der Waals surface area (Å²) < 4.78 is 38.5. The predicted octanol–water partition coefficient (Wildman–Crippen LogP) is 2.94. The van der Waals surface area contributed by atoms with Gasteiger partial charge in [0, 0.05) is 13.2 Å². The lowest BCUT2D eigenvalue weighted by atomic mass is 10.1. The smallest absolute Gasteiger partial charge is 0.240 e. The Balaban J connectivity index is 1.87.